The largest absolute Gasteiger partial charge is 0.495 e. The Hall–Kier alpha value is -2.57. The molecule has 0 bridgehead atoms. The molecule has 0 unspecified atom stereocenters. The summed E-state index contributed by atoms with van der Waals surface area (Å²) in [7, 11) is 1.61. The van der Waals surface area contributed by atoms with Crippen LogP contribution >= 0.6 is 23.2 Å². The molecule has 0 aliphatic carbocycles. The van der Waals surface area contributed by atoms with E-state index in [-0.39, 0.29) is 0 Å². The van der Waals surface area contributed by atoms with Gasteiger partial charge in [0.05, 0.1) is 29.7 Å². The monoisotopic (exact) mass is 361 g/mol. The van der Waals surface area contributed by atoms with Crippen LogP contribution in [0.25, 0.3) is 0 Å². The lowest BCUT2D eigenvalue weighted by Crippen LogP contribution is -2.03. The Labute approximate surface area is 148 Å². The summed E-state index contributed by atoms with van der Waals surface area (Å²) >= 11 is 12.0. The maximum atomic E-state index is 6.13. The lowest BCUT2D eigenvalue weighted by molar-refractivity contribution is 0.417. The Morgan fingerprint density at radius 2 is 1.83 bits per heavy atom. The third-order valence-corrected chi connectivity index (χ3v) is 3.65. The smallest absolute Gasteiger partial charge is 0.249 e. The molecule has 3 rings (SSSR count). The Morgan fingerprint density at radius 1 is 1.00 bits per heavy atom. The fourth-order valence-electron chi connectivity index (χ4n) is 2.01. The van der Waals surface area contributed by atoms with Gasteiger partial charge in [-0.1, -0.05) is 35.3 Å². The van der Waals surface area contributed by atoms with Crippen LogP contribution in [-0.2, 0) is 0 Å². The summed E-state index contributed by atoms with van der Waals surface area (Å²) in [6.07, 6.45) is 1.51. The molecular weight excluding hydrogens is 349 g/mol. The Bertz CT molecular complexity index is 859. The lowest BCUT2D eigenvalue weighted by atomic mass is 10.3. The van der Waals surface area contributed by atoms with Crippen LogP contribution in [0.5, 0.6) is 5.75 Å². The molecule has 0 fully saturated rings. The second-order valence-electron chi connectivity index (χ2n) is 4.74. The molecule has 3 aromatic rings. The molecule has 6 nitrogen and oxygen atoms in total. The molecule has 0 radical (unpaired) electrons. The van der Waals surface area contributed by atoms with Crippen LogP contribution in [0.15, 0.2) is 48.7 Å². The fourth-order valence-corrected chi connectivity index (χ4v) is 2.47. The van der Waals surface area contributed by atoms with E-state index in [2.05, 4.69) is 25.8 Å². The molecule has 0 aliphatic rings. The summed E-state index contributed by atoms with van der Waals surface area (Å²) in [5.41, 5.74) is 1.41. The number of hydrogen-bond donors (Lipinski definition) is 2. The van der Waals surface area contributed by atoms with E-state index in [1.165, 1.54) is 6.20 Å². The lowest BCUT2D eigenvalue weighted by Gasteiger charge is -2.11. The van der Waals surface area contributed by atoms with Crippen molar-refractivity contribution in [1.29, 1.82) is 0 Å². The van der Waals surface area contributed by atoms with E-state index in [4.69, 9.17) is 27.9 Å². The van der Waals surface area contributed by atoms with Crippen LogP contribution in [0.1, 0.15) is 0 Å². The van der Waals surface area contributed by atoms with E-state index in [0.717, 1.165) is 5.69 Å². The van der Waals surface area contributed by atoms with Crippen LogP contribution in [-0.4, -0.2) is 22.3 Å². The molecule has 1 heterocycles. The zero-order valence-corrected chi connectivity index (χ0v) is 14.1. The molecule has 0 saturated carbocycles. The van der Waals surface area contributed by atoms with Gasteiger partial charge in [-0.15, -0.1) is 5.10 Å². The number of benzene rings is 2. The molecule has 0 amide bonds. The fraction of sp³-hybridized carbons (Fsp3) is 0.0625. The normalized spacial score (nSPS) is 10.3. The standard InChI is InChI=1S/C16H13Cl2N5O/c1-24-14-5-3-2-4-13(14)20-15-9-19-23-16(22-15)21-12-7-6-10(17)8-11(12)18/h2-9H,1H3,(H2,20,21,22,23). The third kappa shape index (κ3) is 3.84. The first kappa shape index (κ1) is 16.3. The summed E-state index contributed by atoms with van der Waals surface area (Å²) < 4.78 is 5.30. The number of hydrogen-bond acceptors (Lipinski definition) is 6. The minimum Gasteiger partial charge on any atom is -0.495 e. The van der Waals surface area contributed by atoms with Crippen molar-refractivity contribution in [3.8, 4) is 5.75 Å². The number of nitrogens with zero attached hydrogens (tertiary/aromatic N) is 3. The van der Waals surface area contributed by atoms with Crippen molar-refractivity contribution in [2.24, 2.45) is 0 Å². The van der Waals surface area contributed by atoms with Gasteiger partial charge in [0.15, 0.2) is 5.82 Å². The van der Waals surface area contributed by atoms with E-state index < -0.39 is 0 Å². The molecule has 0 aliphatic heterocycles. The number of ether oxygens (including phenoxy) is 1. The van der Waals surface area contributed by atoms with Crippen molar-refractivity contribution in [3.63, 3.8) is 0 Å². The van der Waals surface area contributed by atoms with Crippen molar-refractivity contribution >= 4 is 46.3 Å². The van der Waals surface area contributed by atoms with Crippen molar-refractivity contribution in [2.45, 2.75) is 0 Å². The number of halogens is 2. The van der Waals surface area contributed by atoms with Gasteiger partial charge >= 0.3 is 0 Å². The Balaban J connectivity index is 1.81. The van der Waals surface area contributed by atoms with E-state index in [9.17, 15) is 0 Å². The van der Waals surface area contributed by atoms with Crippen molar-refractivity contribution < 1.29 is 4.74 Å². The summed E-state index contributed by atoms with van der Waals surface area (Å²) in [5.74, 6) is 1.52. The molecule has 8 heteroatoms. The van der Waals surface area contributed by atoms with E-state index >= 15 is 0 Å². The maximum Gasteiger partial charge on any atom is 0.249 e. The number of methoxy groups -OCH3 is 1. The van der Waals surface area contributed by atoms with Gasteiger partial charge in [0.2, 0.25) is 5.95 Å². The van der Waals surface area contributed by atoms with Gasteiger partial charge in [-0.3, -0.25) is 0 Å². The third-order valence-electron chi connectivity index (χ3n) is 3.11. The van der Waals surface area contributed by atoms with Crippen molar-refractivity contribution in [2.75, 3.05) is 17.7 Å². The highest BCUT2D eigenvalue weighted by atomic mass is 35.5. The molecule has 0 saturated heterocycles. The van der Waals surface area contributed by atoms with Gasteiger partial charge in [-0.2, -0.15) is 10.1 Å². The van der Waals surface area contributed by atoms with Crippen molar-refractivity contribution in [1.82, 2.24) is 15.2 Å². The number of rotatable bonds is 5. The van der Waals surface area contributed by atoms with Crippen LogP contribution in [0, 0.1) is 0 Å². The van der Waals surface area contributed by atoms with Gasteiger partial charge in [-0.05, 0) is 30.3 Å². The predicted molar refractivity (Wildman–Crippen MR) is 95.8 cm³/mol. The molecule has 1 aromatic heterocycles. The Morgan fingerprint density at radius 3 is 2.62 bits per heavy atom. The van der Waals surface area contributed by atoms with Gasteiger partial charge in [0.25, 0.3) is 0 Å². The molecular formula is C16H13Cl2N5O. The first-order valence-electron chi connectivity index (χ1n) is 6.97. The zero-order chi connectivity index (χ0) is 16.9. The second-order valence-corrected chi connectivity index (χ2v) is 5.58. The first-order chi connectivity index (χ1) is 11.7. The zero-order valence-electron chi connectivity index (χ0n) is 12.6. The summed E-state index contributed by atoms with van der Waals surface area (Å²) in [6, 6.07) is 12.6. The van der Waals surface area contributed by atoms with Crippen LogP contribution < -0.4 is 15.4 Å². The van der Waals surface area contributed by atoms with Gasteiger partial charge in [0, 0.05) is 5.02 Å². The highest BCUT2D eigenvalue weighted by Crippen LogP contribution is 2.28. The highest BCUT2D eigenvalue weighted by molar-refractivity contribution is 6.36. The van der Waals surface area contributed by atoms with E-state index in [1.54, 1.807) is 25.3 Å². The molecule has 24 heavy (non-hydrogen) atoms. The average Bonchev–Trinajstić information content (AvgIpc) is 2.58. The second kappa shape index (κ2) is 7.33. The predicted octanol–water partition coefficient (Wildman–Crippen LogP) is 4.67. The van der Waals surface area contributed by atoms with Crippen molar-refractivity contribution in [3.05, 3.63) is 58.7 Å². The Kier molecular flexibility index (Phi) is 4.98. The number of anilines is 4. The number of para-hydroxylation sites is 2. The van der Waals surface area contributed by atoms with Crippen LogP contribution in [0.4, 0.5) is 23.1 Å². The van der Waals surface area contributed by atoms with Gasteiger partial charge in [0.1, 0.15) is 5.75 Å². The average molecular weight is 362 g/mol. The topological polar surface area (TPSA) is 72.0 Å². The van der Waals surface area contributed by atoms with E-state index in [0.29, 0.717) is 33.2 Å². The minimum atomic E-state index is 0.305. The molecule has 122 valence electrons. The van der Waals surface area contributed by atoms with Crippen LogP contribution in [0.3, 0.4) is 0 Å². The quantitative estimate of drug-likeness (QED) is 0.687. The molecule has 2 aromatic carbocycles. The number of nitrogens with one attached hydrogen (secondary N) is 2. The highest BCUT2D eigenvalue weighted by Gasteiger charge is 2.07. The minimum absolute atomic E-state index is 0.305. The SMILES string of the molecule is COc1ccccc1Nc1cnnc(Nc2ccc(Cl)cc2Cl)n1. The molecule has 2 N–H and O–H groups in total. The van der Waals surface area contributed by atoms with Gasteiger partial charge in [-0.25, -0.2) is 0 Å². The molecule has 0 spiro atoms. The first-order valence-corrected chi connectivity index (χ1v) is 7.73. The van der Waals surface area contributed by atoms with E-state index in [1.807, 2.05) is 24.3 Å². The summed E-state index contributed by atoms with van der Waals surface area (Å²) in [4.78, 5) is 4.36. The van der Waals surface area contributed by atoms with Crippen LogP contribution in [0.2, 0.25) is 10.0 Å². The maximum absolute atomic E-state index is 6.13. The summed E-state index contributed by atoms with van der Waals surface area (Å²) in [5, 5.41) is 15.0. The number of aromatic nitrogens is 3. The molecule has 0 atom stereocenters. The van der Waals surface area contributed by atoms with Gasteiger partial charge < -0.3 is 15.4 Å². The summed E-state index contributed by atoms with van der Waals surface area (Å²) in [6.45, 7) is 0.